The van der Waals surface area contributed by atoms with E-state index >= 15 is 0 Å². The highest BCUT2D eigenvalue weighted by Crippen LogP contribution is 2.25. The minimum atomic E-state index is -0.788. The molecule has 2 aromatic carbocycles. The summed E-state index contributed by atoms with van der Waals surface area (Å²) in [6.45, 7) is 2.15. The number of thioether (sulfide) groups is 1. The van der Waals surface area contributed by atoms with Gasteiger partial charge < -0.3 is 14.6 Å². The molecule has 152 valence electrons. The topological polar surface area (TPSA) is 69.0 Å². The van der Waals surface area contributed by atoms with Crippen LogP contribution >= 0.6 is 11.8 Å². The fraction of sp³-hybridized carbons (Fsp3) is 0.250. The van der Waals surface area contributed by atoms with Crippen molar-refractivity contribution < 1.29 is 18.3 Å². The third kappa shape index (κ3) is 5.54. The van der Waals surface area contributed by atoms with Gasteiger partial charge in [0.15, 0.2) is 28.7 Å². The highest BCUT2D eigenvalue weighted by molar-refractivity contribution is 7.99. The first-order valence-corrected chi connectivity index (χ1v) is 9.87. The van der Waals surface area contributed by atoms with Crippen LogP contribution in [0.2, 0.25) is 0 Å². The van der Waals surface area contributed by atoms with Crippen molar-refractivity contribution in [2.45, 2.75) is 24.7 Å². The smallest absolute Gasteiger partial charge is 0.230 e. The van der Waals surface area contributed by atoms with Crippen molar-refractivity contribution >= 4 is 17.7 Å². The van der Waals surface area contributed by atoms with E-state index in [0.717, 1.165) is 17.7 Å². The number of carbonyl (C=O) groups excluding carboxylic acids is 1. The van der Waals surface area contributed by atoms with Crippen molar-refractivity contribution in [1.29, 1.82) is 0 Å². The molecular weight excluding hydrogens is 398 g/mol. The Hall–Kier alpha value is -2.94. The van der Waals surface area contributed by atoms with Crippen LogP contribution in [0.1, 0.15) is 24.4 Å². The monoisotopic (exact) mass is 418 g/mol. The molecule has 3 rings (SSSR count). The average molecular weight is 418 g/mol. The number of hydrogen-bond donors (Lipinski definition) is 1. The van der Waals surface area contributed by atoms with Crippen LogP contribution in [0.5, 0.6) is 5.75 Å². The van der Waals surface area contributed by atoms with Crippen LogP contribution < -0.4 is 10.1 Å². The van der Waals surface area contributed by atoms with Crippen LogP contribution in [0.25, 0.3) is 0 Å². The Morgan fingerprint density at radius 2 is 1.97 bits per heavy atom. The number of nitrogens with zero attached hydrogens (tertiary/aromatic N) is 3. The number of rotatable bonds is 8. The maximum Gasteiger partial charge on any atom is 0.230 e. The molecule has 1 heterocycles. The van der Waals surface area contributed by atoms with Gasteiger partial charge in [0.2, 0.25) is 5.91 Å². The number of benzene rings is 2. The zero-order valence-electron chi connectivity index (χ0n) is 15.9. The molecule has 3 aromatic rings. The van der Waals surface area contributed by atoms with Gasteiger partial charge in [-0.2, -0.15) is 0 Å². The van der Waals surface area contributed by atoms with Crippen molar-refractivity contribution in [2.24, 2.45) is 7.05 Å². The summed E-state index contributed by atoms with van der Waals surface area (Å²) in [6, 6.07) is 12.7. The normalized spacial score (nSPS) is 11.9. The Bertz CT molecular complexity index is 982. The molecule has 1 aromatic heterocycles. The lowest BCUT2D eigenvalue weighted by Gasteiger charge is -2.14. The lowest BCUT2D eigenvalue weighted by Crippen LogP contribution is -2.24. The fourth-order valence-electron chi connectivity index (χ4n) is 2.60. The van der Waals surface area contributed by atoms with E-state index in [0.29, 0.717) is 17.5 Å². The van der Waals surface area contributed by atoms with Crippen LogP contribution in [-0.2, 0) is 18.4 Å². The molecule has 0 saturated carbocycles. The van der Waals surface area contributed by atoms with Gasteiger partial charge in [0.25, 0.3) is 0 Å². The molecule has 0 spiro atoms. The average Bonchev–Trinajstić information content (AvgIpc) is 3.08. The van der Waals surface area contributed by atoms with Crippen LogP contribution in [0.4, 0.5) is 8.78 Å². The Balaban J connectivity index is 1.55. The van der Waals surface area contributed by atoms with Gasteiger partial charge in [-0.3, -0.25) is 4.79 Å². The summed E-state index contributed by atoms with van der Waals surface area (Å²) in [5.41, 5.74) is 1.02. The molecule has 1 unspecified atom stereocenters. The van der Waals surface area contributed by atoms with E-state index in [1.54, 1.807) is 18.5 Å². The predicted molar refractivity (Wildman–Crippen MR) is 105 cm³/mol. The number of hydrogen-bond acceptors (Lipinski definition) is 5. The third-order valence-electron chi connectivity index (χ3n) is 4.09. The fourth-order valence-corrected chi connectivity index (χ4v) is 3.35. The van der Waals surface area contributed by atoms with E-state index in [1.807, 2.05) is 30.3 Å². The quantitative estimate of drug-likeness (QED) is 0.566. The Kier molecular flexibility index (Phi) is 6.82. The largest absolute Gasteiger partial charge is 0.480 e. The predicted octanol–water partition coefficient (Wildman–Crippen LogP) is 3.64. The van der Waals surface area contributed by atoms with Crippen LogP contribution in [-0.4, -0.2) is 26.4 Å². The van der Waals surface area contributed by atoms with Gasteiger partial charge in [-0.05, 0) is 24.6 Å². The van der Waals surface area contributed by atoms with Gasteiger partial charge in [0.05, 0.1) is 5.75 Å². The minimum absolute atomic E-state index is 0.0728. The van der Waals surface area contributed by atoms with Gasteiger partial charge in [-0.1, -0.05) is 42.1 Å². The second-order valence-electron chi connectivity index (χ2n) is 6.29. The number of ether oxygens (including phenoxy) is 1. The van der Waals surface area contributed by atoms with E-state index < -0.39 is 17.7 Å². The molecule has 29 heavy (non-hydrogen) atoms. The highest BCUT2D eigenvalue weighted by atomic mass is 32.2. The summed E-state index contributed by atoms with van der Waals surface area (Å²) < 4.78 is 34.0. The summed E-state index contributed by atoms with van der Waals surface area (Å²) in [6.07, 6.45) is -0.617. The first kappa shape index (κ1) is 20.8. The third-order valence-corrected chi connectivity index (χ3v) is 5.11. The number of halogens is 2. The summed E-state index contributed by atoms with van der Waals surface area (Å²) in [5, 5.41) is 11.5. The zero-order chi connectivity index (χ0) is 20.8. The molecule has 0 saturated heterocycles. The number of carbonyl (C=O) groups is 1. The maximum absolute atomic E-state index is 13.8. The Morgan fingerprint density at radius 1 is 1.21 bits per heavy atom. The summed E-state index contributed by atoms with van der Waals surface area (Å²) in [7, 11) is 1.74. The Morgan fingerprint density at radius 3 is 2.69 bits per heavy atom. The van der Waals surface area contributed by atoms with Crippen molar-refractivity contribution in [1.82, 2.24) is 20.1 Å². The van der Waals surface area contributed by atoms with Crippen LogP contribution in [0.15, 0.2) is 53.7 Å². The molecule has 6 nitrogen and oxygen atoms in total. The van der Waals surface area contributed by atoms with Gasteiger partial charge in [-0.15, -0.1) is 10.2 Å². The highest BCUT2D eigenvalue weighted by Gasteiger charge is 2.19. The van der Waals surface area contributed by atoms with Gasteiger partial charge in [-0.25, -0.2) is 8.78 Å². The summed E-state index contributed by atoms with van der Waals surface area (Å²) in [5.74, 6) is -1.02. The van der Waals surface area contributed by atoms with E-state index in [4.69, 9.17) is 4.74 Å². The Labute approximate surface area is 171 Å². The SMILES string of the molecule is CC(Oc1ccc(F)cc1F)c1nnc(SCC(=O)NCc2ccccc2)n1C. The molecule has 1 atom stereocenters. The molecule has 0 aliphatic carbocycles. The summed E-state index contributed by atoms with van der Waals surface area (Å²) >= 11 is 1.24. The van der Waals surface area contributed by atoms with E-state index in [-0.39, 0.29) is 17.4 Å². The molecule has 0 radical (unpaired) electrons. The van der Waals surface area contributed by atoms with Crippen molar-refractivity contribution in [2.75, 3.05) is 5.75 Å². The molecule has 0 aliphatic rings. The number of aromatic nitrogens is 3. The van der Waals surface area contributed by atoms with Crippen LogP contribution in [0.3, 0.4) is 0 Å². The number of nitrogens with one attached hydrogen (secondary N) is 1. The maximum atomic E-state index is 13.8. The van der Waals surface area contributed by atoms with Gasteiger partial charge in [0, 0.05) is 19.7 Å². The first-order chi connectivity index (χ1) is 13.9. The summed E-state index contributed by atoms with van der Waals surface area (Å²) in [4.78, 5) is 12.1. The molecule has 1 amide bonds. The second-order valence-corrected chi connectivity index (χ2v) is 7.23. The van der Waals surface area contributed by atoms with Crippen LogP contribution in [0, 0.1) is 11.6 Å². The molecular formula is C20H20F2N4O2S. The molecule has 0 bridgehead atoms. The standard InChI is InChI=1S/C20H20F2N4O2S/c1-13(28-17-9-8-15(21)10-16(17)22)19-24-25-20(26(19)2)29-12-18(27)23-11-14-6-4-3-5-7-14/h3-10,13H,11-12H2,1-2H3,(H,23,27). The van der Waals surface area contributed by atoms with Crippen molar-refractivity contribution in [3.63, 3.8) is 0 Å². The number of amides is 1. The van der Waals surface area contributed by atoms with Gasteiger partial charge >= 0.3 is 0 Å². The van der Waals surface area contributed by atoms with Gasteiger partial charge in [0.1, 0.15) is 5.82 Å². The van der Waals surface area contributed by atoms with E-state index in [2.05, 4.69) is 15.5 Å². The van der Waals surface area contributed by atoms with E-state index in [9.17, 15) is 13.6 Å². The second kappa shape index (κ2) is 9.51. The van der Waals surface area contributed by atoms with Crippen molar-refractivity contribution in [3.8, 4) is 5.75 Å². The first-order valence-electron chi connectivity index (χ1n) is 8.88. The zero-order valence-corrected chi connectivity index (χ0v) is 16.7. The molecule has 0 fully saturated rings. The minimum Gasteiger partial charge on any atom is -0.480 e. The molecule has 9 heteroatoms. The van der Waals surface area contributed by atoms with E-state index in [1.165, 1.54) is 17.8 Å². The lowest BCUT2D eigenvalue weighted by molar-refractivity contribution is -0.118. The molecule has 1 N–H and O–H groups in total. The molecule has 0 aliphatic heterocycles. The van der Waals surface area contributed by atoms with Crippen molar-refractivity contribution in [3.05, 3.63) is 71.6 Å². The lowest BCUT2D eigenvalue weighted by atomic mass is 10.2.